The molecule has 0 bridgehead atoms. The van der Waals surface area contributed by atoms with Crippen molar-refractivity contribution in [1.82, 2.24) is 5.32 Å². The molecule has 1 atom stereocenters. The van der Waals surface area contributed by atoms with Crippen molar-refractivity contribution in [2.75, 3.05) is 12.8 Å². The van der Waals surface area contributed by atoms with Gasteiger partial charge < -0.3 is 5.32 Å². The van der Waals surface area contributed by atoms with E-state index >= 15 is 0 Å². The summed E-state index contributed by atoms with van der Waals surface area (Å²) in [5, 5.41) is 3.53. The zero-order valence-electron chi connectivity index (χ0n) is 12.8. The molecule has 2 rings (SSSR count). The Hall–Kier alpha value is -1.32. The summed E-state index contributed by atoms with van der Waals surface area (Å²) in [6, 6.07) is 14.0. The van der Waals surface area contributed by atoms with E-state index in [1.165, 1.54) is 22.1 Å². The fraction of sp³-hybridized carbons (Fsp3) is 0.333. The van der Waals surface area contributed by atoms with Crippen LogP contribution in [0.5, 0.6) is 0 Å². The molecule has 0 fully saturated rings. The average molecular weight is 303 g/mol. The van der Waals surface area contributed by atoms with E-state index in [2.05, 4.69) is 42.8 Å². The normalized spacial score (nSPS) is 12.4. The SMILES string of the molecule is CSc1ccc(C(C)NCCc2ccc(F)cc2C)cc1. The van der Waals surface area contributed by atoms with Crippen LogP contribution in [0.15, 0.2) is 47.4 Å². The van der Waals surface area contributed by atoms with E-state index in [-0.39, 0.29) is 5.82 Å². The second-order valence-electron chi connectivity index (χ2n) is 5.27. The highest BCUT2D eigenvalue weighted by Gasteiger charge is 2.05. The lowest BCUT2D eigenvalue weighted by Crippen LogP contribution is -2.21. The van der Waals surface area contributed by atoms with Crippen molar-refractivity contribution in [2.24, 2.45) is 0 Å². The highest BCUT2D eigenvalue weighted by atomic mass is 32.2. The Kier molecular flexibility index (Phi) is 5.83. The van der Waals surface area contributed by atoms with E-state index in [1.54, 1.807) is 17.8 Å². The predicted octanol–water partition coefficient (Wildman–Crippen LogP) is 4.75. The second kappa shape index (κ2) is 7.62. The van der Waals surface area contributed by atoms with E-state index in [4.69, 9.17) is 0 Å². The van der Waals surface area contributed by atoms with E-state index in [1.807, 2.05) is 13.0 Å². The minimum absolute atomic E-state index is 0.161. The summed E-state index contributed by atoms with van der Waals surface area (Å²) in [7, 11) is 0. The fourth-order valence-electron chi connectivity index (χ4n) is 2.37. The molecule has 0 aliphatic rings. The zero-order valence-corrected chi connectivity index (χ0v) is 13.6. The maximum atomic E-state index is 13.1. The lowest BCUT2D eigenvalue weighted by molar-refractivity contribution is 0.575. The topological polar surface area (TPSA) is 12.0 Å². The molecule has 3 heteroatoms. The van der Waals surface area contributed by atoms with Crippen LogP contribution in [0.4, 0.5) is 4.39 Å². The van der Waals surface area contributed by atoms with Gasteiger partial charge in [0.1, 0.15) is 5.82 Å². The third kappa shape index (κ3) is 4.58. The molecule has 0 aliphatic heterocycles. The minimum Gasteiger partial charge on any atom is -0.310 e. The second-order valence-corrected chi connectivity index (χ2v) is 6.15. The lowest BCUT2D eigenvalue weighted by Gasteiger charge is -2.15. The Morgan fingerprint density at radius 3 is 2.48 bits per heavy atom. The molecule has 1 unspecified atom stereocenters. The lowest BCUT2D eigenvalue weighted by atomic mass is 10.0. The minimum atomic E-state index is -0.161. The summed E-state index contributed by atoms with van der Waals surface area (Å²) in [6.07, 6.45) is 3.00. The number of aryl methyl sites for hydroxylation is 1. The van der Waals surface area contributed by atoms with Crippen molar-refractivity contribution in [3.05, 3.63) is 65.0 Å². The first-order valence-corrected chi connectivity index (χ1v) is 8.45. The van der Waals surface area contributed by atoms with Gasteiger partial charge in [-0.3, -0.25) is 0 Å². The quantitative estimate of drug-likeness (QED) is 0.773. The van der Waals surface area contributed by atoms with Crippen molar-refractivity contribution in [3.63, 3.8) is 0 Å². The molecule has 112 valence electrons. The van der Waals surface area contributed by atoms with Gasteiger partial charge in [0.15, 0.2) is 0 Å². The number of rotatable bonds is 6. The zero-order chi connectivity index (χ0) is 15.2. The van der Waals surface area contributed by atoms with Gasteiger partial charge in [0.25, 0.3) is 0 Å². The van der Waals surface area contributed by atoms with Crippen molar-refractivity contribution >= 4 is 11.8 Å². The number of hydrogen-bond donors (Lipinski definition) is 1. The number of nitrogens with one attached hydrogen (secondary N) is 1. The van der Waals surface area contributed by atoms with Gasteiger partial charge in [0.05, 0.1) is 0 Å². The molecular formula is C18H22FNS. The van der Waals surface area contributed by atoms with E-state index in [0.717, 1.165) is 18.5 Å². The maximum absolute atomic E-state index is 13.1. The molecule has 0 spiro atoms. The van der Waals surface area contributed by atoms with Crippen LogP contribution in [0.1, 0.15) is 29.7 Å². The standard InChI is InChI=1S/C18H22FNS/c1-13-12-17(19)7-4-15(13)10-11-20-14(2)16-5-8-18(21-3)9-6-16/h4-9,12,14,20H,10-11H2,1-3H3. The molecule has 21 heavy (non-hydrogen) atoms. The van der Waals surface area contributed by atoms with Gasteiger partial charge in [0.2, 0.25) is 0 Å². The van der Waals surface area contributed by atoms with E-state index < -0.39 is 0 Å². The van der Waals surface area contributed by atoms with Crippen LogP contribution in [0, 0.1) is 12.7 Å². The first kappa shape index (κ1) is 16.1. The summed E-state index contributed by atoms with van der Waals surface area (Å²) in [5.41, 5.74) is 3.52. The Labute approximate surface area is 131 Å². The molecule has 0 aliphatic carbocycles. The number of benzene rings is 2. The van der Waals surface area contributed by atoms with Crippen LogP contribution in [0.3, 0.4) is 0 Å². The highest BCUT2D eigenvalue weighted by molar-refractivity contribution is 7.98. The van der Waals surface area contributed by atoms with Crippen molar-refractivity contribution in [3.8, 4) is 0 Å². The summed E-state index contributed by atoms with van der Waals surface area (Å²) < 4.78 is 13.1. The highest BCUT2D eigenvalue weighted by Crippen LogP contribution is 2.19. The number of hydrogen-bond acceptors (Lipinski definition) is 2. The summed E-state index contributed by atoms with van der Waals surface area (Å²) in [6.45, 7) is 5.02. The van der Waals surface area contributed by atoms with Gasteiger partial charge >= 0.3 is 0 Å². The molecule has 0 radical (unpaired) electrons. The number of thioether (sulfide) groups is 1. The molecule has 0 saturated heterocycles. The fourth-order valence-corrected chi connectivity index (χ4v) is 2.78. The maximum Gasteiger partial charge on any atom is 0.123 e. The Balaban J connectivity index is 1.87. The summed E-state index contributed by atoms with van der Waals surface area (Å²) >= 11 is 1.76. The molecule has 1 nitrogen and oxygen atoms in total. The van der Waals surface area contributed by atoms with Crippen LogP contribution in [-0.4, -0.2) is 12.8 Å². The third-order valence-electron chi connectivity index (χ3n) is 3.77. The predicted molar refractivity (Wildman–Crippen MR) is 89.5 cm³/mol. The molecule has 2 aromatic rings. The van der Waals surface area contributed by atoms with Crippen LogP contribution in [-0.2, 0) is 6.42 Å². The molecule has 0 amide bonds. The van der Waals surface area contributed by atoms with Gasteiger partial charge in [-0.25, -0.2) is 4.39 Å². The molecule has 0 saturated carbocycles. The Bertz CT molecular complexity index is 580. The molecule has 0 heterocycles. The summed E-state index contributed by atoms with van der Waals surface area (Å²) in [5.74, 6) is -0.161. The molecular weight excluding hydrogens is 281 g/mol. The van der Waals surface area contributed by atoms with Crippen LogP contribution >= 0.6 is 11.8 Å². The van der Waals surface area contributed by atoms with Crippen molar-refractivity contribution in [2.45, 2.75) is 31.2 Å². The van der Waals surface area contributed by atoms with Crippen molar-refractivity contribution < 1.29 is 4.39 Å². The average Bonchev–Trinajstić information content (AvgIpc) is 2.49. The number of halogens is 1. The largest absolute Gasteiger partial charge is 0.310 e. The van der Waals surface area contributed by atoms with E-state index in [9.17, 15) is 4.39 Å². The van der Waals surface area contributed by atoms with Gasteiger partial charge in [-0.1, -0.05) is 18.2 Å². The van der Waals surface area contributed by atoms with Gasteiger partial charge in [-0.15, -0.1) is 11.8 Å². The van der Waals surface area contributed by atoms with Crippen LogP contribution in [0.2, 0.25) is 0 Å². The molecule has 0 aromatic heterocycles. The van der Waals surface area contributed by atoms with Gasteiger partial charge in [-0.2, -0.15) is 0 Å². The smallest absolute Gasteiger partial charge is 0.123 e. The van der Waals surface area contributed by atoms with Gasteiger partial charge in [-0.05, 0) is 74.0 Å². The van der Waals surface area contributed by atoms with Gasteiger partial charge in [0, 0.05) is 10.9 Å². The Morgan fingerprint density at radius 1 is 1.14 bits per heavy atom. The molecule has 1 N–H and O–H groups in total. The first-order valence-electron chi connectivity index (χ1n) is 7.22. The van der Waals surface area contributed by atoms with Crippen LogP contribution in [0.25, 0.3) is 0 Å². The van der Waals surface area contributed by atoms with Crippen LogP contribution < -0.4 is 5.32 Å². The summed E-state index contributed by atoms with van der Waals surface area (Å²) in [4.78, 5) is 1.29. The van der Waals surface area contributed by atoms with Crippen molar-refractivity contribution in [1.29, 1.82) is 0 Å². The Morgan fingerprint density at radius 2 is 1.86 bits per heavy atom. The molecule has 2 aromatic carbocycles. The first-order chi connectivity index (χ1) is 10.1. The van der Waals surface area contributed by atoms with E-state index in [0.29, 0.717) is 6.04 Å². The third-order valence-corrected chi connectivity index (χ3v) is 4.51. The monoisotopic (exact) mass is 303 g/mol.